The summed E-state index contributed by atoms with van der Waals surface area (Å²) in [5, 5.41) is 11.8. The molecule has 0 unspecified atom stereocenters. The molecule has 0 aliphatic carbocycles. The highest BCUT2D eigenvalue weighted by Crippen LogP contribution is 2.30. The number of nitrogens with two attached hydrogens (primary N) is 1. The molecule has 186 valence electrons. The summed E-state index contributed by atoms with van der Waals surface area (Å²) < 4.78 is 85.2. The van der Waals surface area contributed by atoms with Gasteiger partial charge in [-0.1, -0.05) is 15.9 Å². The van der Waals surface area contributed by atoms with E-state index < -0.39 is 18.5 Å². The lowest BCUT2D eigenvalue weighted by molar-refractivity contribution is -0.275. The molecule has 0 amide bonds. The van der Waals surface area contributed by atoms with Crippen LogP contribution in [0.5, 0.6) is 17.2 Å². The fourth-order valence-corrected chi connectivity index (χ4v) is 2.81. The number of aromatic hydroxyl groups is 1. The number of phenols is 1. The van der Waals surface area contributed by atoms with Crippen molar-refractivity contribution in [3.8, 4) is 17.2 Å². The fraction of sp³-hybridized carbons (Fsp3) is 0.0952. The summed E-state index contributed by atoms with van der Waals surface area (Å²) in [6, 6.07) is 14.0. The number of hydrogen-bond acceptors (Lipinski definition) is 7. The number of hydrogen-bond donors (Lipinski definition) is 3. The number of alkyl halides is 6. The molecule has 4 N–H and O–H groups in total. The lowest BCUT2D eigenvalue weighted by atomic mass is 10.3. The van der Waals surface area contributed by atoms with Crippen LogP contribution in [0.4, 0.5) is 43.7 Å². The first-order valence-corrected chi connectivity index (χ1v) is 10.1. The van der Waals surface area contributed by atoms with Crippen molar-refractivity contribution in [2.75, 3.05) is 11.1 Å². The molecule has 35 heavy (non-hydrogen) atoms. The number of benzene rings is 3. The molecule has 1 aromatic heterocycles. The number of oxazole rings is 1. The Balaban J connectivity index is 0.000000225. The summed E-state index contributed by atoms with van der Waals surface area (Å²) in [5.74, 6) is -1.08. The zero-order chi connectivity index (χ0) is 25.8. The van der Waals surface area contributed by atoms with Gasteiger partial charge >= 0.3 is 12.7 Å². The molecular formula is C21H14BrF6N3O4. The third-order valence-corrected chi connectivity index (χ3v) is 4.45. The van der Waals surface area contributed by atoms with Crippen LogP contribution in [0.15, 0.2) is 69.6 Å². The number of phenolic OH excluding ortho intramolecular Hbond substituents is 1. The van der Waals surface area contributed by atoms with E-state index in [1.54, 1.807) is 12.1 Å². The molecule has 14 heteroatoms. The molecule has 0 fully saturated rings. The topological polar surface area (TPSA) is 103 Å². The molecular weight excluding hydrogens is 552 g/mol. The summed E-state index contributed by atoms with van der Waals surface area (Å²) in [7, 11) is 0. The van der Waals surface area contributed by atoms with Crippen LogP contribution in [0.2, 0.25) is 0 Å². The van der Waals surface area contributed by atoms with E-state index in [9.17, 15) is 26.3 Å². The largest absolute Gasteiger partial charge is 0.573 e. The number of rotatable bonds is 4. The van der Waals surface area contributed by atoms with E-state index in [1.165, 1.54) is 18.2 Å². The van der Waals surface area contributed by atoms with E-state index in [2.05, 4.69) is 35.7 Å². The van der Waals surface area contributed by atoms with E-state index in [0.717, 1.165) is 28.4 Å². The Morgan fingerprint density at radius 2 is 1.43 bits per heavy atom. The Morgan fingerprint density at radius 3 is 2.00 bits per heavy atom. The third-order valence-electron chi connectivity index (χ3n) is 3.92. The van der Waals surface area contributed by atoms with Crippen LogP contribution in [0.1, 0.15) is 0 Å². The monoisotopic (exact) mass is 565 g/mol. The number of fused-ring (bicyclic) bond motifs is 1. The predicted molar refractivity (Wildman–Crippen MR) is 117 cm³/mol. The Labute approximate surface area is 201 Å². The van der Waals surface area contributed by atoms with Crippen LogP contribution in [-0.2, 0) is 0 Å². The third kappa shape index (κ3) is 8.17. The number of aromatic nitrogens is 1. The summed E-state index contributed by atoms with van der Waals surface area (Å²) in [6.07, 6.45) is -9.49. The quantitative estimate of drug-likeness (QED) is 0.138. The van der Waals surface area contributed by atoms with E-state index in [-0.39, 0.29) is 28.7 Å². The van der Waals surface area contributed by atoms with E-state index >= 15 is 0 Å². The first kappa shape index (κ1) is 25.8. The van der Waals surface area contributed by atoms with E-state index in [4.69, 9.17) is 15.3 Å². The summed E-state index contributed by atoms with van der Waals surface area (Å²) >= 11 is 3.32. The molecule has 7 nitrogen and oxygen atoms in total. The average molecular weight is 566 g/mol. The van der Waals surface area contributed by atoms with E-state index in [0.29, 0.717) is 5.58 Å². The second kappa shape index (κ2) is 10.2. The van der Waals surface area contributed by atoms with Gasteiger partial charge in [-0.15, -0.1) is 26.3 Å². The number of ether oxygens (including phenoxy) is 2. The molecule has 4 rings (SSSR count). The molecule has 0 atom stereocenters. The van der Waals surface area contributed by atoms with Crippen molar-refractivity contribution in [2.24, 2.45) is 0 Å². The van der Waals surface area contributed by atoms with Crippen LogP contribution < -0.4 is 20.5 Å². The van der Waals surface area contributed by atoms with Gasteiger partial charge in [-0.05, 0) is 48.5 Å². The lowest BCUT2D eigenvalue weighted by Crippen LogP contribution is -2.17. The zero-order valence-electron chi connectivity index (χ0n) is 17.1. The number of nitrogens with one attached hydrogen (secondary N) is 1. The summed E-state index contributed by atoms with van der Waals surface area (Å²) in [6.45, 7) is 0. The van der Waals surface area contributed by atoms with Gasteiger partial charge < -0.3 is 30.0 Å². The number of halogens is 7. The molecule has 0 aliphatic heterocycles. The Morgan fingerprint density at radius 1 is 0.857 bits per heavy atom. The van der Waals surface area contributed by atoms with Crippen molar-refractivity contribution in [1.29, 1.82) is 0 Å². The van der Waals surface area contributed by atoms with Gasteiger partial charge in [0.1, 0.15) is 22.8 Å². The van der Waals surface area contributed by atoms with Crippen LogP contribution in [0.3, 0.4) is 0 Å². The lowest BCUT2D eigenvalue weighted by Gasteiger charge is -2.09. The molecule has 0 saturated heterocycles. The Hall–Kier alpha value is -3.81. The summed E-state index contributed by atoms with van der Waals surface area (Å²) in [4.78, 5) is 4.08. The summed E-state index contributed by atoms with van der Waals surface area (Å²) in [5.41, 5.74) is 6.34. The highest BCUT2D eigenvalue weighted by Gasteiger charge is 2.32. The van der Waals surface area contributed by atoms with Gasteiger partial charge in [0.05, 0.1) is 5.69 Å². The van der Waals surface area contributed by atoms with Crippen LogP contribution in [-0.4, -0.2) is 22.8 Å². The fourth-order valence-electron chi connectivity index (χ4n) is 2.54. The maximum absolute atomic E-state index is 12.2. The van der Waals surface area contributed by atoms with Crippen molar-refractivity contribution in [3.63, 3.8) is 0 Å². The van der Waals surface area contributed by atoms with Crippen molar-refractivity contribution in [1.82, 2.24) is 4.98 Å². The Kier molecular flexibility index (Phi) is 7.53. The van der Waals surface area contributed by atoms with Crippen LogP contribution in [0.25, 0.3) is 11.1 Å². The normalized spacial score (nSPS) is 11.5. The maximum Gasteiger partial charge on any atom is 0.573 e. The minimum atomic E-state index is -4.75. The number of nitrogen functional groups attached to an aromatic ring is 1. The molecule has 0 radical (unpaired) electrons. The van der Waals surface area contributed by atoms with Gasteiger partial charge in [-0.2, -0.15) is 4.98 Å². The number of nitrogens with zero attached hydrogens (tertiary/aromatic N) is 1. The predicted octanol–water partition coefficient (Wildman–Crippen LogP) is 7.11. The highest BCUT2D eigenvalue weighted by molar-refractivity contribution is 9.10. The average Bonchev–Trinajstić information content (AvgIpc) is 3.12. The SMILES string of the molecule is FC(F)(F)Oc1ccc2oc(Nc3ccc(Br)cc3)nc2c1.Nc1cc(OC(F)(F)F)ccc1O. The van der Waals surface area contributed by atoms with Crippen molar-refractivity contribution in [3.05, 3.63) is 65.1 Å². The maximum atomic E-state index is 12.2. The molecule has 3 aromatic carbocycles. The van der Waals surface area contributed by atoms with Crippen LogP contribution in [0, 0.1) is 0 Å². The Bertz CT molecular complexity index is 1290. The molecule has 1 heterocycles. The van der Waals surface area contributed by atoms with Gasteiger partial charge in [0.15, 0.2) is 5.58 Å². The smallest absolute Gasteiger partial charge is 0.506 e. The van der Waals surface area contributed by atoms with Gasteiger partial charge in [0, 0.05) is 22.3 Å². The minimum Gasteiger partial charge on any atom is -0.506 e. The standard InChI is InChI=1S/C14H8BrF3N2O2.C7H6F3NO2/c15-8-1-3-9(4-2-8)19-13-20-11-7-10(22-14(16,17)18)5-6-12(11)21-13;8-7(9,10)13-4-1-2-6(12)5(11)3-4/h1-7H,(H,19,20);1-3,12H,11H2. The van der Waals surface area contributed by atoms with Gasteiger partial charge in [-0.25, -0.2) is 0 Å². The second-order valence-corrected chi connectivity index (χ2v) is 7.51. The first-order valence-electron chi connectivity index (χ1n) is 9.30. The molecule has 0 bridgehead atoms. The van der Waals surface area contributed by atoms with E-state index in [1.807, 2.05) is 12.1 Å². The first-order chi connectivity index (χ1) is 16.3. The van der Waals surface area contributed by atoms with Gasteiger partial charge in [0.2, 0.25) is 0 Å². The highest BCUT2D eigenvalue weighted by atomic mass is 79.9. The van der Waals surface area contributed by atoms with Crippen molar-refractivity contribution >= 4 is 44.4 Å². The zero-order valence-corrected chi connectivity index (χ0v) is 18.7. The van der Waals surface area contributed by atoms with Crippen LogP contribution >= 0.6 is 15.9 Å². The molecule has 0 spiro atoms. The van der Waals surface area contributed by atoms with Gasteiger partial charge in [-0.3, -0.25) is 0 Å². The number of anilines is 3. The second-order valence-electron chi connectivity index (χ2n) is 6.60. The van der Waals surface area contributed by atoms with Crippen molar-refractivity contribution < 1.29 is 45.3 Å². The molecule has 0 aliphatic rings. The van der Waals surface area contributed by atoms with Crippen molar-refractivity contribution in [2.45, 2.75) is 12.7 Å². The minimum absolute atomic E-state index is 0.165. The van der Waals surface area contributed by atoms with Gasteiger partial charge in [0.25, 0.3) is 6.01 Å². The molecule has 0 saturated carbocycles. The molecule has 4 aromatic rings.